The van der Waals surface area contributed by atoms with E-state index in [4.69, 9.17) is 5.11 Å². The van der Waals surface area contributed by atoms with Crippen molar-refractivity contribution in [3.8, 4) is 0 Å². The fraction of sp³-hybridized carbons (Fsp3) is 0.444. The van der Waals surface area contributed by atoms with Gasteiger partial charge in [-0.15, -0.1) is 0 Å². The molecule has 0 amide bonds. The molecule has 0 fully saturated rings. The summed E-state index contributed by atoms with van der Waals surface area (Å²) in [6.45, 7) is 10.2. The Morgan fingerprint density at radius 1 is 1.50 bits per heavy atom. The summed E-state index contributed by atoms with van der Waals surface area (Å²) in [6, 6.07) is 0. The van der Waals surface area contributed by atoms with Crippen LogP contribution in [0.15, 0.2) is 23.9 Å². The first-order chi connectivity index (χ1) is 5.31. The topological polar surface area (TPSA) is 37.3 Å². The van der Waals surface area contributed by atoms with Gasteiger partial charge in [0, 0.05) is 0 Å². The van der Waals surface area contributed by atoms with Gasteiger partial charge in [0.1, 0.15) is 0 Å². The normalized spacial score (nSPS) is 11.9. The fourth-order valence-electron chi connectivity index (χ4n) is 0.621. The number of aliphatic carboxylic acids is 1. The molecule has 0 atom stereocenters. The summed E-state index contributed by atoms with van der Waals surface area (Å²) in [5, 5.41) is 8.43. The molecule has 0 unspecified atom stereocenters. The standard InChI is InChI=1S/C9H16O2Si/c1-8(7-9(10)11)5-6-12(2,3)4/h5-6H,1,7H2,2-4H3,(H,10,11)/b6-5+. The molecule has 0 aromatic rings. The van der Waals surface area contributed by atoms with Crippen molar-refractivity contribution in [3.63, 3.8) is 0 Å². The highest BCUT2D eigenvalue weighted by molar-refractivity contribution is 6.81. The minimum absolute atomic E-state index is 0.0426. The second kappa shape index (κ2) is 4.26. The zero-order chi connectivity index (χ0) is 9.78. The third-order valence-electron chi connectivity index (χ3n) is 1.20. The van der Waals surface area contributed by atoms with Crippen LogP contribution in [0.3, 0.4) is 0 Å². The van der Waals surface area contributed by atoms with Crippen LogP contribution in [0.5, 0.6) is 0 Å². The molecule has 0 heterocycles. The molecule has 0 spiro atoms. The van der Waals surface area contributed by atoms with Crippen molar-refractivity contribution in [2.75, 3.05) is 0 Å². The molecule has 3 heteroatoms. The molecular formula is C9H16O2Si. The maximum Gasteiger partial charge on any atom is 0.307 e. The lowest BCUT2D eigenvalue weighted by Gasteiger charge is -2.08. The predicted octanol–water partition coefficient (Wildman–Crippen LogP) is 2.45. The first-order valence-corrected chi connectivity index (χ1v) is 7.48. The summed E-state index contributed by atoms with van der Waals surface area (Å²) in [7, 11) is -1.21. The van der Waals surface area contributed by atoms with E-state index >= 15 is 0 Å². The molecule has 0 aromatic carbocycles. The van der Waals surface area contributed by atoms with Gasteiger partial charge >= 0.3 is 5.97 Å². The van der Waals surface area contributed by atoms with E-state index in [2.05, 4.69) is 31.9 Å². The van der Waals surface area contributed by atoms with Gasteiger partial charge in [0.15, 0.2) is 0 Å². The van der Waals surface area contributed by atoms with Crippen LogP contribution in [0.1, 0.15) is 6.42 Å². The van der Waals surface area contributed by atoms with Crippen molar-refractivity contribution in [1.29, 1.82) is 0 Å². The van der Waals surface area contributed by atoms with Crippen molar-refractivity contribution < 1.29 is 9.90 Å². The van der Waals surface area contributed by atoms with Crippen molar-refractivity contribution in [2.45, 2.75) is 26.1 Å². The molecule has 0 bridgehead atoms. The van der Waals surface area contributed by atoms with Crippen LogP contribution in [0.2, 0.25) is 19.6 Å². The number of hydrogen-bond donors (Lipinski definition) is 1. The molecule has 0 radical (unpaired) electrons. The Bertz CT molecular complexity index is 211. The Hall–Kier alpha value is -0.833. The molecule has 0 aliphatic carbocycles. The maximum atomic E-state index is 10.3. The van der Waals surface area contributed by atoms with Crippen LogP contribution < -0.4 is 0 Å². The maximum absolute atomic E-state index is 10.3. The molecule has 0 aliphatic heterocycles. The third-order valence-corrected chi connectivity index (χ3v) is 2.36. The van der Waals surface area contributed by atoms with E-state index in [1.807, 2.05) is 6.08 Å². The van der Waals surface area contributed by atoms with E-state index in [1.54, 1.807) is 0 Å². The lowest BCUT2D eigenvalue weighted by Crippen LogP contribution is -2.15. The second-order valence-electron chi connectivity index (χ2n) is 3.93. The number of hydrogen-bond acceptors (Lipinski definition) is 1. The first-order valence-electron chi connectivity index (χ1n) is 3.90. The van der Waals surface area contributed by atoms with Crippen molar-refractivity contribution in [1.82, 2.24) is 0 Å². The highest BCUT2D eigenvalue weighted by Crippen LogP contribution is 2.06. The van der Waals surface area contributed by atoms with E-state index in [0.29, 0.717) is 5.57 Å². The number of rotatable bonds is 4. The van der Waals surface area contributed by atoms with Crippen LogP contribution in [0.25, 0.3) is 0 Å². The predicted molar refractivity (Wildman–Crippen MR) is 53.9 cm³/mol. The van der Waals surface area contributed by atoms with Crippen LogP contribution in [-0.2, 0) is 4.79 Å². The van der Waals surface area contributed by atoms with Gasteiger partial charge in [-0.25, -0.2) is 0 Å². The van der Waals surface area contributed by atoms with Gasteiger partial charge in [-0.05, 0) is 5.57 Å². The van der Waals surface area contributed by atoms with Gasteiger partial charge in [-0.1, -0.05) is 38.0 Å². The molecule has 0 rings (SSSR count). The summed E-state index contributed by atoms with van der Waals surface area (Å²) in [4.78, 5) is 10.3. The minimum atomic E-state index is -1.21. The van der Waals surface area contributed by atoms with Crippen LogP contribution in [0.4, 0.5) is 0 Å². The summed E-state index contributed by atoms with van der Waals surface area (Å²) in [5.74, 6) is -0.819. The molecule has 12 heavy (non-hydrogen) atoms. The van der Waals surface area contributed by atoms with Gasteiger partial charge in [0.05, 0.1) is 14.5 Å². The third kappa shape index (κ3) is 7.28. The number of allylic oxidation sites excluding steroid dienone is 1. The minimum Gasteiger partial charge on any atom is -0.481 e. The Labute approximate surface area is 74.6 Å². The van der Waals surface area contributed by atoms with E-state index in [-0.39, 0.29) is 6.42 Å². The fourth-order valence-corrected chi connectivity index (χ4v) is 1.36. The summed E-state index contributed by atoms with van der Waals surface area (Å²) in [6.07, 6.45) is 1.88. The zero-order valence-corrected chi connectivity index (χ0v) is 8.92. The highest BCUT2D eigenvalue weighted by Gasteiger charge is 2.07. The molecule has 0 saturated carbocycles. The molecule has 0 aromatic heterocycles. The smallest absolute Gasteiger partial charge is 0.307 e. The van der Waals surface area contributed by atoms with Gasteiger partial charge in [0.25, 0.3) is 0 Å². The monoisotopic (exact) mass is 184 g/mol. The zero-order valence-electron chi connectivity index (χ0n) is 7.92. The van der Waals surface area contributed by atoms with E-state index in [0.717, 1.165) is 0 Å². The first kappa shape index (κ1) is 11.2. The van der Waals surface area contributed by atoms with Gasteiger partial charge in [-0.2, -0.15) is 0 Å². The average molecular weight is 184 g/mol. The number of carboxylic acids is 1. The van der Waals surface area contributed by atoms with Crippen molar-refractivity contribution in [2.24, 2.45) is 0 Å². The van der Waals surface area contributed by atoms with Gasteiger partial charge in [0.2, 0.25) is 0 Å². The van der Waals surface area contributed by atoms with E-state index in [1.165, 1.54) is 0 Å². The van der Waals surface area contributed by atoms with Crippen LogP contribution in [0, 0.1) is 0 Å². The highest BCUT2D eigenvalue weighted by atomic mass is 28.3. The Balaban J connectivity index is 4.01. The van der Waals surface area contributed by atoms with Gasteiger partial charge in [-0.3, -0.25) is 4.79 Å². The Morgan fingerprint density at radius 3 is 2.33 bits per heavy atom. The number of carbonyl (C=O) groups is 1. The SMILES string of the molecule is C=C(/C=C/[Si](C)(C)C)CC(=O)O. The molecule has 68 valence electrons. The molecule has 0 aliphatic rings. The molecule has 1 N–H and O–H groups in total. The quantitative estimate of drug-likeness (QED) is 0.538. The van der Waals surface area contributed by atoms with Crippen molar-refractivity contribution >= 4 is 14.0 Å². The average Bonchev–Trinajstić information content (AvgIpc) is 1.80. The van der Waals surface area contributed by atoms with Crippen LogP contribution >= 0.6 is 0 Å². The molecule has 2 nitrogen and oxygen atoms in total. The summed E-state index contributed by atoms with van der Waals surface area (Å²) in [5.41, 5.74) is 2.77. The largest absolute Gasteiger partial charge is 0.481 e. The lowest BCUT2D eigenvalue weighted by atomic mass is 10.2. The summed E-state index contributed by atoms with van der Waals surface area (Å²) >= 11 is 0. The van der Waals surface area contributed by atoms with E-state index in [9.17, 15) is 4.79 Å². The Kier molecular flexibility index (Phi) is 3.96. The lowest BCUT2D eigenvalue weighted by molar-refractivity contribution is -0.136. The van der Waals surface area contributed by atoms with Gasteiger partial charge < -0.3 is 5.11 Å². The Morgan fingerprint density at radius 2 is 2.00 bits per heavy atom. The second-order valence-corrected chi connectivity index (χ2v) is 8.99. The molecule has 0 saturated heterocycles. The molecular weight excluding hydrogens is 168 g/mol. The van der Waals surface area contributed by atoms with E-state index < -0.39 is 14.0 Å². The van der Waals surface area contributed by atoms with Crippen molar-refractivity contribution in [3.05, 3.63) is 23.9 Å². The summed E-state index contributed by atoms with van der Waals surface area (Å²) < 4.78 is 0. The van der Waals surface area contributed by atoms with Crippen LogP contribution in [-0.4, -0.2) is 19.1 Å². The number of carboxylic acid groups (broad SMARTS) is 1.